The molecule has 4 rings (SSSR count). The van der Waals surface area contributed by atoms with E-state index >= 15 is 0 Å². The standard InChI is InChI=1S/C16H23N3O2/c1-15-6-4-12(16(15,2)9-15)17-14(20)13-10-8-19(3)7-5-11(10)21-18-13/h12H,4-9H2,1-3H3,(H,17,20). The van der Waals surface area contributed by atoms with Crippen molar-refractivity contribution in [3.05, 3.63) is 17.0 Å². The fraction of sp³-hybridized carbons (Fsp3) is 0.750. The van der Waals surface area contributed by atoms with E-state index in [9.17, 15) is 4.79 Å². The molecular weight excluding hydrogens is 266 g/mol. The molecule has 0 aromatic carbocycles. The molecule has 1 N–H and O–H groups in total. The molecule has 2 fully saturated rings. The summed E-state index contributed by atoms with van der Waals surface area (Å²) in [6.07, 6.45) is 4.36. The van der Waals surface area contributed by atoms with Gasteiger partial charge in [-0.2, -0.15) is 0 Å². The largest absolute Gasteiger partial charge is 0.360 e. The Morgan fingerprint density at radius 1 is 1.48 bits per heavy atom. The lowest BCUT2D eigenvalue weighted by molar-refractivity contribution is 0.0911. The second kappa shape index (κ2) is 4.09. The van der Waals surface area contributed by atoms with Crippen molar-refractivity contribution < 1.29 is 9.32 Å². The molecule has 0 spiro atoms. The number of aromatic nitrogens is 1. The summed E-state index contributed by atoms with van der Waals surface area (Å²) >= 11 is 0. The van der Waals surface area contributed by atoms with Gasteiger partial charge in [0.15, 0.2) is 5.69 Å². The number of amides is 1. The molecule has 3 aliphatic rings. The van der Waals surface area contributed by atoms with Crippen LogP contribution in [0.15, 0.2) is 4.52 Å². The number of carbonyl (C=O) groups is 1. The molecule has 0 bridgehead atoms. The van der Waals surface area contributed by atoms with Crippen LogP contribution in [0, 0.1) is 10.8 Å². The molecule has 2 heterocycles. The van der Waals surface area contributed by atoms with E-state index in [2.05, 4.69) is 36.3 Å². The topological polar surface area (TPSA) is 58.4 Å². The van der Waals surface area contributed by atoms with E-state index in [0.717, 1.165) is 37.3 Å². The fourth-order valence-corrected chi connectivity index (χ4v) is 4.45. The highest BCUT2D eigenvalue weighted by atomic mass is 16.5. The van der Waals surface area contributed by atoms with Crippen LogP contribution in [0.4, 0.5) is 0 Å². The molecule has 0 radical (unpaired) electrons. The van der Waals surface area contributed by atoms with Crippen LogP contribution in [0.25, 0.3) is 0 Å². The Balaban J connectivity index is 1.53. The van der Waals surface area contributed by atoms with E-state index in [-0.39, 0.29) is 17.4 Å². The van der Waals surface area contributed by atoms with Gasteiger partial charge in [-0.3, -0.25) is 4.79 Å². The van der Waals surface area contributed by atoms with Gasteiger partial charge in [0.2, 0.25) is 0 Å². The predicted molar refractivity (Wildman–Crippen MR) is 77.9 cm³/mol. The maximum atomic E-state index is 12.6. The number of hydrogen-bond donors (Lipinski definition) is 1. The molecule has 3 unspecified atom stereocenters. The fourth-order valence-electron chi connectivity index (χ4n) is 4.45. The van der Waals surface area contributed by atoms with Crippen LogP contribution in [-0.2, 0) is 13.0 Å². The van der Waals surface area contributed by atoms with Crippen molar-refractivity contribution >= 4 is 5.91 Å². The third kappa shape index (κ3) is 1.79. The van der Waals surface area contributed by atoms with Crippen LogP contribution < -0.4 is 5.32 Å². The average molecular weight is 289 g/mol. The summed E-state index contributed by atoms with van der Waals surface area (Å²) in [6, 6.07) is 0.281. The quantitative estimate of drug-likeness (QED) is 0.904. The minimum atomic E-state index is -0.0577. The summed E-state index contributed by atoms with van der Waals surface area (Å²) in [5, 5.41) is 7.26. The number of rotatable bonds is 2. The van der Waals surface area contributed by atoms with Gasteiger partial charge in [0.25, 0.3) is 5.91 Å². The zero-order valence-corrected chi connectivity index (χ0v) is 13.0. The minimum absolute atomic E-state index is 0.0577. The van der Waals surface area contributed by atoms with E-state index in [4.69, 9.17) is 4.52 Å². The predicted octanol–water partition coefficient (Wildman–Crippen LogP) is 1.97. The van der Waals surface area contributed by atoms with Crippen LogP contribution in [0.3, 0.4) is 0 Å². The Morgan fingerprint density at radius 3 is 2.95 bits per heavy atom. The first-order valence-electron chi connectivity index (χ1n) is 7.90. The van der Waals surface area contributed by atoms with Gasteiger partial charge in [0, 0.05) is 31.1 Å². The maximum Gasteiger partial charge on any atom is 0.274 e. The summed E-state index contributed by atoms with van der Waals surface area (Å²) in [5.74, 6) is 0.824. The molecular formula is C16H23N3O2. The molecule has 114 valence electrons. The van der Waals surface area contributed by atoms with Crippen LogP contribution in [0.2, 0.25) is 0 Å². The number of likely N-dealkylation sites (N-methyl/N-ethyl adjacent to an activating group) is 1. The first-order chi connectivity index (χ1) is 9.93. The highest BCUT2D eigenvalue weighted by molar-refractivity contribution is 5.94. The first kappa shape index (κ1) is 13.3. The summed E-state index contributed by atoms with van der Waals surface area (Å²) in [5.41, 5.74) is 2.19. The van der Waals surface area contributed by atoms with Crippen LogP contribution in [0.5, 0.6) is 0 Å². The van der Waals surface area contributed by atoms with Crippen LogP contribution in [-0.4, -0.2) is 35.6 Å². The van der Waals surface area contributed by atoms with E-state index in [1.165, 1.54) is 12.8 Å². The molecule has 1 amide bonds. The van der Waals surface area contributed by atoms with E-state index < -0.39 is 0 Å². The summed E-state index contributed by atoms with van der Waals surface area (Å²) in [6.45, 7) is 6.35. The van der Waals surface area contributed by atoms with Gasteiger partial charge in [-0.1, -0.05) is 19.0 Å². The van der Waals surface area contributed by atoms with Crippen molar-refractivity contribution in [2.75, 3.05) is 13.6 Å². The molecule has 2 aliphatic carbocycles. The van der Waals surface area contributed by atoms with Crippen molar-refractivity contribution in [1.29, 1.82) is 0 Å². The average Bonchev–Trinajstić information content (AvgIpc) is 2.72. The summed E-state index contributed by atoms with van der Waals surface area (Å²) < 4.78 is 5.37. The number of nitrogens with zero attached hydrogens (tertiary/aromatic N) is 2. The Morgan fingerprint density at radius 2 is 2.29 bits per heavy atom. The number of carbonyl (C=O) groups excluding carboxylic acids is 1. The zero-order chi connectivity index (χ0) is 14.8. The normalized spacial score (nSPS) is 38.0. The number of nitrogens with one attached hydrogen (secondary N) is 1. The second-order valence-corrected chi connectivity index (χ2v) is 7.64. The van der Waals surface area contributed by atoms with Gasteiger partial charge >= 0.3 is 0 Å². The summed E-state index contributed by atoms with van der Waals surface area (Å²) in [4.78, 5) is 14.8. The molecule has 2 saturated carbocycles. The Labute approximate surface area is 125 Å². The van der Waals surface area contributed by atoms with E-state index in [1.54, 1.807) is 0 Å². The molecule has 5 nitrogen and oxygen atoms in total. The van der Waals surface area contributed by atoms with Crippen molar-refractivity contribution in [3.63, 3.8) is 0 Å². The Hall–Kier alpha value is -1.36. The van der Waals surface area contributed by atoms with Crippen molar-refractivity contribution in [3.8, 4) is 0 Å². The first-order valence-corrected chi connectivity index (χ1v) is 7.90. The number of hydrogen-bond acceptors (Lipinski definition) is 4. The highest BCUT2D eigenvalue weighted by Gasteiger charge is 2.68. The minimum Gasteiger partial charge on any atom is -0.360 e. The van der Waals surface area contributed by atoms with Gasteiger partial charge in [-0.15, -0.1) is 0 Å². The Bertz CT molecular complexity index is 607. The monoisotopic (exact) mass is 289 g/mol. The number of fused-ring (bicyclic) bond motifs is 2. The lowest BCUT2D eigenvalue weighted by atomic mass is 9.97. The molecule has 1 aromatic rings. The van der Waals surface area contributed by atoms with E-state index in [0.29, 0.717) is 11.1 Å². The molecule has 21 heavy (non-hydrogen) atoms. The molecule has 3 atom stereocenters. The van der Waals surface area contributed by atoms with Crippen molar-refractivity contribution in [2.45, 2.75) is 52.1 Å². The van der Waals surface area contributed by atoms with E-state index in [1.807, 2.05) is 0 Å². The van der Waals surface area contributed by atoms with Crippen molar-refractivity contribution in [2.24, 2.45) is 10.8 Å². The Kier molecular flexibility index (Phi) is 2.60. The van der Waals surface area contributed by atoms with Gasteiger partial charge in [0.05, 0.1) is 0 Å². The lowest BCUT2D eigenvalue weighted by Crippen LogP contribution is -2.40. The van der Waals surface area contributed by atoms with Crippen molar-refractivity contribution in [1.82, 2.24) is 15.4 Å². The molecule has 1 aliphatic heterocycles. The maximum absolute atomic E-state index is 12.6. The summed E-state index contributed by atoms with van der Waals surface area (Å²) in [7, 11) is 2.06. The van der Waals surface area contributed by atoms with Crippen LogP contribution in [0.1, 0.15) is 54.9 Å². The third-order valence-corrected chi connectivity index (χ3v) is 6.30. The SMILES string of the molecule is CN1CCc2onc(C(=O)NC3CCC4(C)CC34C)c2C1. The van der Waals surface area contributed by atoms with Gasteiger partial charge in [-0.25, -0.2) is 0 Å². The van der Waals surface area contributed by atoms with Gasteiger partial charge in [-0.05, 0) is 37.1 Å². The third-order valence-electron chi connectivity index (χ3n) is 6.30. The smallest absolute Gasteiger partial charge is 0.274 e. The van der Waals surface area contributed by atoms with Crippen LogP contribution >= 0.6 is 0 Å². The highest BCUT2D eigenvalue weighted by Crippen LogP contribution is 2.72. The van der Waals surface area contributed by atoms with Gasteiger partial charge < -0.3 is 14.7 Å². The zero-order valence-electron chi connectivity index (χ0n) is 13.0. The molecule has 0 saturated heterocycles. The molecule has 5 heteroatoms. The second-order valence-electron chi connectivity index (χ2n) is 7.64. The lowest BCUT2D eigenvalue weighted by Gasteiger charge is -2.23. The molecule has 1 aromatic heterocycles. The van der Waals surface area contributed by atoms with Gasteiger partial charge in [0.1, 0.15) is 5.76 Å².